The predicted molar refractivity (Wildman–Crippen MR) is 63.0 cm³/mol. The van der Waals surface area contributed by atoms with Crippen LogP contribution in [0.5, 0.6) is 5.75 Å². The molecular formula is C12H14N2O2. The van der Waals surface area contributed by atoms with E-state index < -0.39 is 0 Å². The summed E-state index contributed by atoms with van der Waals surface area (Å²) in [6.07, 6.45) is 0.697. The highest BCUT2D eigenvalue weighted by atomic mass is 16.5. The number of hydrogen-bond donors (Lipinski definition) is 1. The van der Waals surface area contributed by atoms with Crippen LogP contribution in [0, 0.1) is 6.92 Å². The molecule has 4 heteroatoms. The van der Waals surface area contributed by atoms with Gasteiger partial charge in [0, 0.05) is 6.42 Å². The first-order valence-corrected chi connectivity index (χ1v) is 5.24. The number of nitrogens with zero attached hydrogens (tertiary/aromatic N) is 1. The molecule has 1 aromatic heterocycles. The number of rotatable bonds is 2. The van der Waals surface area contributed by atoms with Crippen LogP contribution in [0.25, 0.3) is 10.9 Å². The molecule has 0 amide bonds. The van der Waals surface area contributed by atoms with Gasteiger partial charge in [-0.2, -0.15) is 0 Å². The summed E-state index contributed by atoms with van der Waals surface area (Å²) in [5.74, 6) is 1.32. The van der Waals surface area contributed by atoms with Crippen LogP contribution in [0.4, 0.5) is 0 Å². The van der Waals surface area contributed by atoms with Crippen molar-refractivity contribution in [3.05, 3.63) is 33.9 Å². The van der Waals surface area contributed by atoms with E-state index in [4.69, 9.17) is 4.74 Å². The van der Waals surface area contributed by atoms with Crippen LogP contribution < -0.4 is 10.3 Å². The maximum absolute atomic E-state index is 11.9. The molecule has 0 saturated heterocycles. The number of ether oxygens (including phenoxy) is 1. The van der Waals surface area contributed by atoms with E-state index in [1.807, 2.05) is 26.0 Å². The Morgan fingerprint density at radius 3 is 2.81 bits per heavy atom. The number of aryl methyl sites for hydroxylation is 2. The predicted octanol–water partition coefficient (Wildman–Crippen LogP) is 1.80. The zero-order chi connectivity index (χ0) is 11.7. The van der Waals surface area contributed by atoms with Crippen LogP contribution in [-0.2, 0) is 6.42 Å². The van der Waals surface area contributed by atoms with Crippen molar-refractivity contribution < 1.29 is 4.74 Å². The lowest BCUT2D eigenvalue weighted by Gasteiger charge is -2.07. The normalized spacial score (nSPS) is 10.7. The molecular weight excluding hydrogens is 204 g/mol. The van der Waals surface area contributed by atoms with E-state index in [0.29, 0.717) is 28.9 Å². The minimum Gasteiger partial charge on any atom is -0.494 e. The third-order valence-electron chi connectivity index (χ3n) is 2.64. The van der Waals surface area contributed by atoms with E-state index in [9.17, 15) is 4.79 Å². The van der Waals surface area contributed by atoms with Gasteiger partial charge in [0.2, 0.25) is 0 Å². The summed E-state index contributed by atoms with van der Waals surface area (Å²) in [7, 11) is 1.58. The number of fused-ring (bicyclic) bond motifs is 1. The second-order valence-electron chi connectivity index (χ2n) is 3.67. The smallest absolute Gasteiger partial charge is 0.259 e. The molecule has 1 aromatic carbocycles. The van der Waals surface area contributed by atoms with E-state index in [1.54, 1.807) is 7.11 Å². The van der Waals surface area contributed by atoms with Gasteiger partial charge in [-0.3, -0.25) is 4.79 Å². The van der Waals surface area contributed by atoms with Crippen LogP contribution in [-0.4, -0.2) is 17.1 Å². The minimum absolute atomic E-state index is 0.0988. The summed E-state index contributed by atoms with van der Waals surface area (Å²) >= 11 is 0. The van der Waals surface area contributed by atoms with Crippen LogP contribution in [0.1, 0.15) is 18.3 Å². The molecule has 0 saturated carbocycles. The number of methoxy groups -OCH3 is 1. The van der Waals surface area contributed by atoms with Gasteiger partial charge in [0.1, 0.15) is 17.1 Å². The maximum atomic E-state index is 11.9. The Morgan fingerprint density at radius 1 is 1.44 bits per heavy atom. The molecule has 0 spiro atoms. The summed E-state index contributed by atoms with van der Waals surface area (Å²) < 4.78 is 5.22. The van der Waals surface area contributed by atoms with Gasteiger partial charge >= 0.3 is 0 Å². The van der Waals surface area contributed by atoms with Gasteiger partial charge in [0.05, 0.1) is 12.5 Å². The summed E-state index contributed by atoms with van der Waals surface area (Å²) in [5.41, 5.74) is 1.45. The molecule has 1 heterocycles. The molecule has 0 bridgehead atoms. The van der Waals surface area contributed by atoms with Crippen molar-refractivity contribution in [1.29, 1.82) is 0 Å². The highest BCUT2D eigenvalue weighted by Gasteiger charge is 2.10. The largest absolute Gasteiger partial charge is 0.494 e. The van der Waals surface area contributed by atoms with Gasteiger partial charge in [-0.15, -0.1) is 0 Å². The first-order valence-electron chi connectivity index (χ1n) is 5.24. The number of aromatic amines is 1. The first-order chi connectivity index (χ1) is 7.67. The van der Waals surface area contributed by atoms with Crippen LogP contribution >= 0.6 is 0 Å². The molecule has 0 aliphatic heterocycles. The fraction of sp³-hybridized carbons (Fsp3) is 0.333. The third kappa shape index (κ3) is 1.56. The Bertz CT molecular complexity index is 587. The van der Waals surface area contributed by atoms with Crippen molar-refractivity contribution in [2.24, 2.45) is 0 Å². The lowest BCUT2D eigenvalue weighted by atomic mass is 10.1. The third-order valence-corrected chi connectivity index (χ3v) is 2.64. The van der Waals surface area contributed by atoms with Crippen molar-refractivity contribution in [2.75, 3.05) is 7.11 Å². The average Bonchev–Trinajstić information content (AvgIpc) is 2.28. The average molecular weight is 218 g/mol. The van der Waals surface area contributed by atoms with Gasteiger partial charge in [0.15, 0.2) is 0 Å². The van der Waals surface area contributed by atoms with E-state index in [0.717, 1.165) is 5.56 Å². The monoisotopic (exact) mass is 218 g/mol. The Balaban J connectivity index is 2.93. The number of aromatic nitrogens is 2. The molecule has 2 rings (SSSR count). The zero-order valence-corrected chi connectivity index (χ0v) is 9.63. The quantitative estimate of drug-likeness (QED) is 0.836. The second kappa shape index (κ2) is 3.96. The second-order valence-corrected chi connectivity index (χ2v) is 3.67. The summed E-state index contributed by atoms with van der Waals surface area (Å²) in [6.45, 7) is 3.84. The standard InChI is InChI=1S/C12H14N2O2/c1-4-9-13-11-8(16-3)6-5-7(2)10(11)12(15)14-9/h5-6H,4H2,1-3H3,(H,13,14,15). The first kappa shape index (κ1) is 10.7. The molecule has 0 aliphatic carbocycles. The molecule has 1 N–H and O–H groups in total. The molecule has 0 unspecified atom stereocenters. The molecule has 16 heavy (non-hydrogen) atoms. The van der Waals surface area contributed by atoms with E-state index in [2.05, 4.69) is 9.97 Å². The Hall–Kier alpha value is -1.84. The van der Waals surface area contributed by atoms with E-state index >= 15 is 0 Å². The van der Waals surface area contributed by atoms with Crippen molar-refractivity contribution >= 4 is 10.9 Å². The summed E-state index contributed by atoms with van der Waals surface area (Å²) in [4.78, 5) is 19.1. The number of H-pyrrole nitrogens is 1. The Labute approximate surface area is 93.3 Å². The number of hydrogen-bond acceptors (Lipinski definition) is 3. The van der Waals surface area contributed by atoms with Crippen LogP contribution in [0.2, 0.25) is 0 Å². The number of nitrogens with one attached hydrogen (secondary N) is 1. The van der Waals surface area contributed by atoms with Crippen molar-refractivity contribution in [1.82, 2.24) is 9.97 Å². The SMILES string of the molecule is CCc1nc2c(OC)ccc(C)c2c(=O)[nH]1. The molecule has 0 aliphatic rings. The fourth-order valence-corrected chi connectivity index (χ4v) is 1.76. The summed E-state index contributed by atoms with van der Waals surface area (Å²) in [6, 6.07) is 3.70. The van der Waals surface area contributed by atoms with E-state index in [-0.39, 0.29) is 5.56 Å². The lowest BCUT2D eigenvalue weighted by Crippen LogP contribution is -2.13. The maximum Gasteiger partial charge on any atom is 0.259 e. The van der Waals surface area contributed by atoms with Crippen LogP contribution in [0.3, 0.4) is 0 Å². The van der Waals surface area contributed by atoms with Crippen LogP contribution in [0.15, 0.2) is 16.9 Å². The molecule has 84 valence electrons. The Morgan fingerprint density at radius 2 is 2.19 bits per heavy atom. The van der Waals surface area contributed by atoms with Crippen molar-refractivity contribution in [3.63, 3.8) is 0 Å². The van der Waals surface area contributed by atoms with E-state index in [1.165, 1.54) is 0 Å². The minimum atomic E-state index is -0.0988. The highest BCUT2D eigenvalue weighted by Crippen LogP contribution is 2.23. The van der Waals surface area contributed by atoms with Crippen molar-refractivity contribution in [2.45, 2.75) is 20.3 Å². The topological polar surface area (TPSA) is 55.0 Å². The van der Waals surface area contributed by atoms with Gasteiger partial charge in [-0.1, -0.05) is 13.0 Å². The highest BCUT2D eigenvalue weighted by molar-refractivity contribution is 5.86. The zero-order valence-electron chi connectivity index (χ0n) is 9.63. The molecule has 0 radical (unpaired) electrons. The Kier molecular flexibility index (Phi) is 2.64. The number of benzene rings is 1. The fourth-order valence-electron chi connectivity index (χ4n) is 1.76. The van der Waals surface area contributed by atoms with Gasteiger partial charge in [-0.05, 0) is 18.6 Å². The molecule has 0 fully saturated rings. The molecule has 0 atom stereocenters. The van der Waals surface area contributed by atoms with Gasteiger partial charge in [0.25, 0.3) is 5.56 Å². The lowest BCUT2D eigenvalue weighted by molar-refractivity contribution is 0.418. The van der Waals surface area contributed by atoms with Gasteiger partial charge < -0.3 is 9.72 Å². The van der Waals surface area contributed by atoms with Crippen molar-refractivity contribution in [3.8, 4) is 5.75 Å². The van der Waals surface area contributed by atoms with Gasteiger partial charge in [-0.25, -0.2) is 4.98 Å². The summed E-state index contributed by atoms with van der Waals surface area (Å²) in [5, 5.41) is 0.608. The molecule has 4 nitrogen and oxygen atoms in total. The molecule has 2 aromatic rings.